The SMILES string of the molecule is CCCNC(c1ccccc1)C(C)CN(CC)CC1CC1. The molecule has 118 valence electrons. The van der Waals surface area contributed by atoms with Crippen molar-refractivity contribution >= 4 is 0 Å². The molecule has 1 aromatic carbocycles. The van der Waals surface area contributed by atoms with Gasteiger partial charge in [0, 0.05) is 19.1 Å². The van der Waals surface area contributed by atoms with E-state index in [-0.39, 0.29) is 0 Å². The molecular formula is C19H32N2. The van der Waals surface area contributed by atoms with Crippen LogP contribution in [0.2, 0.25) is 0 Å². The fraction of sp³-hybridized carbons (Fsp3) is 0.684. The molecule has 2 nitrogen and oxygen atoms in total. The Morgan fingerprint density at radius 3 is 2.48 bits per heavy atom. The summed E-state index contributed by atoms with van der Waals surface area (Å²) in [5.41, 5.74) is 1.43. The molecule has 1 saturated carbocycles. The van der Waals surface area contributed by atoms with E-state index in [1.54, 1.807) is 0 Å². The fourth-order valence-electron chi connectivity index (χ4n) is 3.12. The van der Waals surface area contributed by atoms with Gasteiger partial charge in [0.25, 0.3) is 0 Å². The van der Waals surface area contributed by atoms with Gasteiger partial charge in [0.05, 0.1) is 0 Å². The summed E-state index contributed by atoms with van der Waals surface area (Å²) in [6.45, 7) is 11.7. The molecular weight excluding hydrogens is 256 g/mol. The highest BCUT2D eigenvalue weighted by atomic mass is 15.1. The molecule has 21 heavy (non-hydrogen) atoms. The molecule has 0 spiro atoms. The Kier molecular flexibility index (Phi) is 6.72. The maximum absolute atomic E-state index is 3.76. The maximum Gasteiger partial charge on any atom is 0.0358 e. The topological polar surface area (TPSA) is 15.3 Å². The van der Waals surface area contributed by atoms with Crippen LogP contribution in [0.4, 0.5) is 0 Å². The second-order valence-corrected chi connectivity index (χ2v) is 6.62. The van der Waals surface area contributed by atoms with Gasteiger partial charge in [-0.15, -0.1) is 0 Å². The summed E-state index contributed by atoms with van der Waals surface area (Å²) < 4.78 is 0. The molecule has 1 aromatic rings. The lowest BCUT2D eigenvalue weighted by atomic mass is 9.93. The smallest absolute Gasteiger partial charge is 0.0358 e. The molecule has 0 heterocycles. The molecule has 2 atom stereocenters. The first-order valence-electron chi connectivity index (χ1n) is 8.75. The van der Waals surface area contributed by atoms with Crippen LogP contribution in [0.5, 0.6) is 0 Å². The lowest BCUT2D eigenvalue weighted by Crippen LogP contribution is -2.37. The van der Waals surface area contributed by atoms with Crippen molar-refractivity contribution in [2.24, 2.45) is 11.8 Å². The normalized spacial score (nSPS) is 17.9. The summed E-state index contributed by atoms with van der Waals surface area (Å²) in [5.74, 6) is 1.62. The first kappa shape index (κ1) is 16.5. The fourth-order valence-corrected chi connectivity index (χ4v) is 3.12. The van der Waals surface area contributed by atoms with Gasteiger partial charge in [0.1, 0.15) is 0 Å². The number of hydrogen-bond donors (Lipinski definition) is 1. The summed E-state index contributed by atoms with van der Waals surface area (Å²) in [6.07, 6.45) is 4.08. The van der Waals surface area contributed by atoms with Crippen LogP contribution in [0.1, 0.15) is 51.6 Å². The van der Waals surface area contributed by atoms with Gasteiger partial charge >= 0.3 is 0 Å². The van der Waals surface area contributed by atoms with E-state index in [1.165, 1.54) is 44.5 Å². The summed E-state index contributed by atoms with van der Waals surface area (Å²) in [5, 5.41) is 3.76. The molecule has 2 rings (SSSR count). The molecule has 0 amide bonds. The third-order valence-corrected chi connectivity index (χ3v) is 4.55. The predicted molar refractivity (Wildman–Crippen MR) is 91.5 cm³/mol. The van der Waals surface area contributed by atoms with Crippen molar-refractivity contribution in [3.05, 3.63) is 35.9 Å². The average Bonchev–Trinajstić information content (AvgIpc) is 3.32. The highest BCUT2D eigenvalue weighted by Gasteiger charge is 2.26. The second-order valence-electron chi connectivity index (χ2n) is 6.62. The quantitative estimate of drug-likeness (QED) is 0.697. The molecule has 0 radical (unpaired) electrons. The minimum atomic E-state index is 0.472. The zero-order valence-electron chi connectivity index (χ0n) is 14.0. The monoisotopic (exact) mass is 288 g/mol. The molecule has 0 bridgehead atoms. The van der Waals surface area contributed by atoms with E-state index in [9.17, 15) is 0 Å². The van der Waals surface area contributed by atoms with E-state index in [4.69, 9.17) is 0 Å². The van der Waals surface area contributed by atoms with E-state index in [1.807, 2.05) is 0 Å². The van der Waals surface area contributed by atoms with Crippen molar-refractivity contribution in [3.8, 4) is 0 Å². The molecule has 1 N–H and O–H groups in total. The van der Waals surface area contributed by atoms with Gasteiger partial charge in [-0.05, 0) is 49.8 Å². The maximum atomic E-state index is 3.76. The molecule has 0 saturated heterocycles. The van der Waals surface area contributed by atoms with E-state index in [0.29, 0.717) is 12.0 Å². The van der Waals surface area contributed by atoms with Crippen LogP contribution in [0.15, 0.2) is 30.3 Å². The van der Waals surface area contributed by atoms with Crippen molar-refractivity contribution in [2.75, 3.05) is 26.2 Å². The Labute approximate surface area is 130 Å². The minimum Gasteiger partial charge on any atom is -0.310 e. The average molecular weight is 288 g/mol. The van der Waals surface area contributed by atoms with Gasteiger partial charge in [-0.2, -0.15) is 0 Å². The first-order valence-corrected chi connectivity index (χ1v) is 8.75. The van der Waals surface area contributed by atoms with E-state index < -0.39 is 0 Å². The van der Waals surface area contributed by atoms with Crippen LogP contribution < -0.4 is 5.32 Å². The van der Waals surface area contributed by atoms with Crippen LogP contribution in [-0.2, 0) is 0 Å². The van der Waals surface area contributed by atoms with Gasteiger partial charge in [0.2, 0.25) is 0 Å². The standard InChI is InChI=1S/C19H32N2/c1-4-13-20-19(18-9-7-6-8-10-18)16(3)14-21(5-2)15-17-11-12-17/h6-10,16-17,19-20H,4-5,11-15H2,1-3H3. The van der Waals surface area contributed by atoms with Gasteiger partial charge < -0.3 is 10.2 Å². The number of benzene rings is 1. The number of nitrogens with zero attached hydrogens (tertiary/aromatic N) is 1. The Hall–Kier alpha value is -0.860. The molecule has 0 aliphatic heterocycles. The predicted octanol–water partition coefficient (Wildman–Crippen LogP) is 4.10. The Morgan fingerprint density at radius 2 is 1.90 bits per heavy atom. The Balaban J connectivity index is 1.97. The minimum absolute atomic E-state index is 0.472. The van der Waals surface area contributed by atoms with Crippen LogP contribution in [0, 0.1) is 11.8 Å². The van der Waals surface area contributed by atoms with Crippen LogP contribution in [-0.4, -0.2) is 31.1 Å². The molecule has 2 unspecified atom stereocenters. The first-order chi connectivity index (χ1) is 10.2. The van der Waals surface area contributed by atoms with Crippen molar-refractivity contribution in [3.63, 3.8) is 0 Å². The lowest BCUT2D eigenvalue weighted by Gasteiger charge is -2.31. The largest absolute Gasteiger partial charge is 0.310 e. The molecule has 0 aromatic heterocycles. The van der Waals surface area contributed by atoms with Gasteiger partial charge in [0.15, 0.2) is 0 Å². The Bertz CT molecular complexity index is 386. The zero-order valence-corrected chi connectivity index (χ0v) is 14.0. The zero-order chi connectivity index (χ0) is 15.1. The van der Waals surface area contributed by atoms with Crippen molar-refractivity contribution in [1.29, 1.82) is 0 Å². The summed E-state index contributed by atoms with van der Waals surface area (Å²) in [7, 11) is 0. The van der Waals surface area contributed by atoms with Crippen LogP contribution in [0.25, 0.3) is 0 Å². The van der Waals surface area contributed by atoms with E-state index in [0.717, 1.165) is 12.5 Å². The van der Waals surface area contributed by atoms with E-state index in [2.05, 4.69) is 61.3 Å². The highest BCUT2D eigenvalue weighted by molar-refractivity contribution is 5.19. The van der Waals surface area contributed by atoms with Gasteiger partial charge in [-0.25, -0.2) is 0 Å². The van der Waals surface area contributed by atoms with E-state index >= 15 is 0 Å². The molecule has 1 aliphatic rings. The van der Waals surface area contributed by atoms with Gasteiger partial charge in [-0.3, -0.25) is 0 Å². The molecule has 1 aliphatic carbocycles. The highest BCUT2D eigenvalue weighted by Crippen LogP contribution is 2.30. The summed E-state index contributed by atoms with van der Waals surface area (Å²) in [4.78, 5) is 2.64. The Morgan fingerprint density at radius 1 is 1.19 bits per heavy atom. The molecule has 2 heteroatoms. The number of hydrogen-bond acceptors (Lipinski definition) is 2. The van der Waals surface area contributed by atoms with Crippen molar-refractivity contribution < 1.29 is 0 Å². The second kappa shape index (κ2) is 8.55. The number of rotatable bonds is 10. The van der Waals surface area contributed by atoms with Crippen LogP contribution >= 0.6 is 0 Å². The summed E-state index contributed by atoms with van der Waals surface area (Å²) >= 11 is 0. The molecule has 1 fully saturated rings. The third kappa shape index (κ3) is 5.44. The van der Waals surface area contributed by atoms with Crippen molar-refractivity contribution in [1.82, 2.24) is 10.2 Å². The number of nitrogens with one attached hydrogen (secondary N) is 1. The third-order valence-electron chi connectivity index (χ3n) is 4.55. The van der Waals surface area contributed by atoms with Crippen LogP contribution in [0.3, 0.4) is 0 Å². The van der Waals surface area contributed by atoms with Gasteiger partial charge in [-0.1, -0.05) is 51.1 Å². The summed E-state index contributed by atoms with van der Waals surface area (Å²) in [6, 6.07) is 11.4. The lowest BCUT2D eigenvalue weighted by molar-refractivity contribution is 0.212. The van der Waals surface area contributed by atoms with Crippen molar-refractivity contribution in [2.45, 2.75) is 46.1 Å².